The van der Waals surface area contributed by atoms with E-state index in [1.54, 1.807) is 12.1 Å². The molecule has 2 heterocycles. The number of primary amides is 1. The molecule has 0 unspecified atom stereocenters. The fourth-order valence-corrected chi connectivity index (χ4v) is 3.13. The van der Waals surface area contributed by atoms with Crippen molar-refractivity contribution in [2.45, 2.75) is 6.42 Å². The Morgan fingerprint density at radius 1 is 1.39 bits per heavy atom. The number of hydrogen-bond donors (Lipinski definition) is 1. The van der Waals surface area contributed by atoms with Crippen LogP contribution in [0.4, 0.5) is 4.39 Å². The highest BCUT2D eigenvalue weighted by Crippen LogP contribution is 2.40. The molecule has 0 atom stereocenters. The van der Waals surface area contributed by atoms with E-state index >= 15 is 0 Å². The van der Waals surface area contributed by atoms with Crippen LogP contribution in [0.15, 0.2) is 24.3 Å². The van der Waals surface area contributed by atoms with Gasteiger partial charge in [0.2, 0.25) is 0 Å². The van der Waals surface area contributed by atoms with E-state index in [1.807, 2.05) is 0 Å². The Labute approximate surface area is 107 Å². The van der Waals surface area contributed by atoms with Crippen molar-refractivity contribution in [1.29, 1.82) is 0 Å². The molecule has 0 saturated heterocycles. The number of halogens is 1. The summed E-state index contributed by atoms with van der Waals surface area (Å²) in [6, 6.07) is 6.23. The first-order valence-corrected chi connectivity index (χ1v) is 6.32. The molecule has 0 spiro atoms. The van der Waals surface area contributed by atoms with Crippen molar-refractivity contribution < 1.29 is 13.9 Å². The van der Waals surface area contributed by atoms with Crippen molar-refractivity contribution in [2.24, 2.45) is 5.73 Å². The molecule has 2 N–H and O–H groups in total. The largest absolute Gasteiger partial charge is 0.492 e. The van der Waals surface area contributed by atoms with Gasteiger partial charge in [-0.25, -0.2) is 4.39 Å². The number of ether oxygens (including phenoxy) is 1. The highest BCUT2D eigenvalue weighted by molar-refractivity contribution is 7.17. The van der Waals surface area contributed by atoms with Crippen molar-refractivity contribution in [2.75, 3.05) is 6.61 Å². The third kappa shape index (κ3) is 1.76. The van der Waals surface area contributed by atoms with Gasteiger partial charge in [0.05, 0.1) is 11.5 Å². The Bertz CT molecular complexity index is 636. The quantitative estimate of drug-likeness (QED) is 0.859. The summed E-state index contributed by atoms with van der Waals surface area (Å²) in [6.45, 7) is 0.471. The van der Waals surface area contributed by atoms with Crippen LogP contribution in [-0.2, 0) is 6.42 Å². The normalized spacial score (nSPS) is 13.2. The number of benzene rings is 1. The molecule has 18 heavy (non-hydrogen) atoms. The van der Waals surface area contributed by atoms with E-state index in [4.69, 9.17) is 10.5 Å². The summed E-state index contributed by atoms with van der Waals surface area (Å²) in [5.74, 6) is -0.242. The SMILES string of the molecule is NC(=O)c1cc2c(s1)-c1ccc(F)cc1OCC2. The summed E-state index contributed by atoms with van der Waals surface area (Å²) in [5.41, 5.74) is 7.14. The van der Waals surface area contributed by atoms with Gasteiger partial charge < -0.3 is 10.5 Å². The Morgan fingerprint density at radius 3 is 3.00 bits per heavy atom. The highest BCUT2D eigenvalue weighted by Gasteiger charge is 2.20. The van der Waals surface area contributed by atoms with Crippen LogP contribution in [0.2, 0.25) is 0 Å². The second-order valence-electron chi connectivity index (χ2n) is 4.07. The zero-order chi connectivity index (χ0) is 12.7. The standard InChI is InChI=1S/C13H10FNO2S/c14-8-1-2-9-10(6-8)17-4-3-7-5-11(13(15)16)18-12(7)9/h1-2,5-6H,3-4H2,(H2,15,16). The van der Waals surface area contributed by atoms with Gasteiger partial charge in [-0.2, -0.15) is 0 Å². The molecule has 3 rings (SSSR count). The van der Waals surface area contributed by atoms with Gasteiger partial charge in [-0.3, -0.25) is 4.79 Å². The molecule has 1 aromatic heterocycles. The maximum absolute atomic E-state index is 13.2. The van der Waals surface area contributed by atoms with E-state index in [9.17, 15) is 9.18 Å². The molecule has 2 aromatic rings. The number of hydrogen-bond acceptors (Lipinski definition) is 3. The highest BCUT2D eigenvalue weighted by atomic mass is 32.1. The molecule has 0 aliphatic carbocycles. The smallest absolute Gasteiger partial charge is 0.258 e. The second kappa shape index (κ2) is 4.10. The lowest BCUT2D eigenvalue weighted by atomic mass is 10.1. The summed E-state index contributed by atoms with van der Waals surface area (Å²) < 4.78 is 18.7. The summed E-state index contributed by atoms with van der Waals surface area (Å²) in [4.78, 5) is 12.7. The van der Waals surface area contributed by atoms with Gasteiger partial charge in [-0.1, -0.05) is 0 Å². The molecule has 5 heteroatoms. The van der Waals surface area contributed by atoms with Gasteiger partial charge in [0.25, 0.3) is 5.91 Å². The Kier molecular flexibility index (Phi) is 2.56. The van der Waals surface area contributed by atoms with E-state index in [0.717, 1.165) is 16.0 Å². The molecule has 1 aliphatic heterocycles. The number of nitrogens with two attached hydrogens (primary N) is 1. The molecule has 3 nitrogen and oxygen atoms in total. The Hall–Kier alpha value is -1.88. The zero-order valence-electron chi connectivity index (χ0n) is 9.40. The Morgan fingerprint density at radius 2 is 2.22 bits per heavy atom. The molecule has 1 aromatic carbocycles. The van der Waals surface area contributed by atoms with Crippen LogP contribution < -0.4 is 10.5 Å². The molecule has 0 radical (unpaired) electrons. The van der Waals surface area contributed by atoms with Crippen LogP contribution in [0.25, 0.3) is 10.4 Å². The summed E-state index contributed by atoms with van der Waals surface area (Å²) in [7, 11) is 0. The molecular formula is C13H10FNO2S. The van der Waals surface area contributed by atoms with Gasteiger partial charge in [0, 0.05) is 22.9 Å². The fraction of sp³-hybridized carbons (Fsp3) is 0.154. The first-order chi connectivity index (χ1) is 8.65. The minimum atomic E-state index is -0.433. The van der Waals surface area contributed by atoms with Crippen molar-refractivity contribution in [3.63, 3.8) is 0 Å². The van der Waals surface area contributed by atoms with Crippen LogP contribution in [0.1, 0.15) is 15.2 Å². The third-order valence-electron chi connectivity index (χ3n) is 2.87. The topological polar surface area (TPSA) is 52.3 Å². The second-order valence-corrected chi connectivity index (χ2v) is 5.12. The van der Waals surface area contributed by atoms with Crippen molar-refractivity contribution >= 4 is 17.2 Å². The molecule has 0 bridgehead atoms. The number of carbonyl (C=O) groups excluding carboxylic acids is 1. The minimum Gasteiger partial charge on any atom is -0.492 e. The lowest BCUT2D eigenvalue weighted by molar-refractivity contribution is 0.100. The summed E-state index contributed by atoms with van der Waals surface area (Å²) in [5, 5.41) is 0. The van der Waals surface area contributed by atoms with Crippen molar-refractivity contribution in [3.8, 4) is 16.2 Å². The van der Waals surface area contributed by atoms with Crippen molar-refractivity contribution in [3.05, 3.63) is 40.5 Å². The van der Waals surface area contributed by atoms with Gasteiger partial charge in [0.15, 0.2) is 0 Å². The number of carbonyl (C=O) groups is 1. The average Bonchev–Trinajstić information content (AvgIpc) is 2.67. The van der Waals surface area contributed by atoms with E-state index in [2.05, 4.69) is 0 Å². The number of amides is 1. The van der Waals surface area contributed by atoms with Crippen molar-refractivity contribution in [1.82, 2.24) is 0 Å². The van der Waals surface area contributed by atoms with Crippen LogP contribution in [0, 0.1) is 5.82 Å². The maximum Gasteiger partial charge on any atom is 0.258 e. The third-order valence-corrected chi connectivity index (χ3v) is 4.09. The van der Waals surface area contributed by atoms with Crippen LogP contribution >= 0.6 is 11.3 Å². The van der Waals surface area contributed by atoms with Crippen LogP contribution in [0.5, 0.6) is 5.75 Å². The van der Waals surface area contributed by atoms with E-state index in [-0.39, 0.29) is 5.82 Å². The first-order valence-electron chi connectivity index (χ1n) is 5.50. The van der Waals surface area contributed by atoms with E-state index in [0.29, 0.717) is 23.7 Å². The monoisotopic (exact) mass is 263 g/mol. The van der Waals surface area contributed by atoms with Gasteiger partial charge >= 0.3 is 0 Å². The summed E-state index contributed by atoms with van der Waals surface area (Å²) in [6.07, 6.45) is 0.690. The van der Waals surface area contributed by atoms with Gasteiger partial charge in [-0.05, 0) is 23.8 Å². The number of rotatable bonds is 1. The Balaban J connectivity index is 2.20. The maximum atomic E-state index is 13.2. The van der Waals surface area contributed by atoms with E-state index < -0.39 is 5.91 Å². The fourth-order valence-electron chi connectivity index (χ4n) is 2.04. The molecular weight excluding hydrogens is 253 g/mol. The van der Waals surface area contributed by atoms with Gasteiger partial charge in [-0.15, -0.1) is 11.3 Å². The van der Waals surface area contributed by atoms with Gasteiger partial charge in [0.1, 0.15) is 11.6 Å². The van der Waals surface area contributed by atoms with E-state index in [1.165, 1.54) is 23.5 Å². The lowest BCUT2D eigenvalue weighted by Gasteiger charge is -2.06. The minimum absolute atomic E-state index is 0.330. The molecule has 1 aliphatic rings. The number of fused-ring (bicyclic) bond motifs is 3. The molecule has 92 valence electrons. The predicted octanol–water partition coefficient (Wildman–Crippen LogP) is 2.59. The number of thiophene rings is 1. The molecule has 0 saturated carbocycles. The lowest BCUT2D eigenvalue weighted by Crippen LogP contribution is -2.08. The zero-order valence-corrected chi connectivity index (χ0v) is 10.2. The first kappa shape index (κ1) is 11.2. The predicted molar refractivity (Wildman–Crippen MR) is 67.4 cm³/mol. The molecule has 1 amide bonds. The van der Waals surface area contributed by atoms with Crippen LogP contribution in [0.3, 0.4) is 0 Å². The van der Waals surface area contributed by atoms with Crippen LogP contribution in [-0.4, -0.2) is 12.5 Å². The average molecular weight is 263 g/mol. The molecule has 0 fully saturated rings. The summed E-state index contributed by atoms with van der Waals surface area (Å²) >= 11 is 1.33.